The largest absolute Gasteiger partial charge is 0.445 e. The summed E-state index contributed by atoms with van der Waals surface area (Å²) in [7, 11) is 0. The third kappa shape index (κ3) is 8.51. The van der Waals surface area contributed by atoms with Gasteiger partial charge in [0.2, 0.25) is 0 Å². The van der Waals surface area contributed by atoms with Crippen LogP contribution in [-0.2, 0) is 17.6 Å². The van der Waals surface area contributed by atoms with Crippen molar-refractivity contribution in [3.8, 4) is 0 Å². The maximum Gasteiger partial charge on any atom is 0.407 e. The third-order valence-corrected chi connectivity index (χ3v) is 3.54. The highest BCUT2D eigenvalue weighted by Crippen LogP contribution is 2.02. The van der Waals surface area contributed by atoms with Gasteiger partial charge in [0.15, 0.2) is 0 Å². The van der Waals surface area contributed by atoms with Crippen LogP contribution in [0, 0.1) is 0 Å². The molecule has 25 heavy (non-hydrogen) atoms. The van der Waals surface area contributed by atoms with Gasteiger partial charge in [-0.05, 0) is 42.5 Å². The van der Waals surface area contributed by atoms with Gasteiger partial charge in [-0.3, -0.25) is 4.98 Å². The molecule has 0 saturated heterocycles. The second-order valence-corrected chi connectivity index (χ2v) is 5.52. The van der Waals surface area contributed by atoms with Crippen LogP contribution in [0.15, 0.2) is 79.2 Å². The molecule has 2 aromatic rings. The van der Waals surface area contributed by atoms with E-state index in [9.17, 15) is 4.79 Å². The normalized spacial score (nSPS) is 11.0. The van der Waals surface area contributed by atoms with Gasteiger partial charge in [0, 0.05) is 18.9 Å². The van der Waals surface area contributed by atoms with Crippen molar-refractivity contribution in [2.45, 2.75) is 19.3 Å². The average molecular weight is 336 g/mol. The summed E-state index contributed by atoms with van der Waals surface area (Å²) in [4.78, 5) is 15.6. The molecule has 4 nitrogen and oxygen atoms in total. The van der Waals surface area contributed by atoms with E-state index in [0.717, 1.165) is 24.8 Å². The molecule has 2 rings (SSSR count). The molecule has 0 aliphatic carbocycles. The van der Waals surface area contributed by atoms with Crippen molar-refractivity contribution < 1.29 is 9.53 Å². The summed E-state index contributed by atoms with van der Waals surface area (Å²) in [5.74, 6) is 0. The number of ether oxygens (including phenoxy) is 1. The molecule has 1 amide bonds. The van der Waals surface area contributed by atoms with Gasteiger partial charge in [-0.15, -0.1) is 0 Å². The Morgan fingerprint density at radius 1 is 1.00 bits per heavy atom. The lowest BCUT2D eigenvalue weighted by atomic mass is 10.1. The fourth-order valence-electron chi connectivity index (χ4n) is 2.23. The van der Waals surface area contributed by atoms with Gasteiger partial charge < -0.3 is 10.1 Å². The molecule has 0 aliphatic heterocycles. The summed E-state index contributed by atoms with van der Waals surface area (Å²) < 4.78 is 5.07. The molecule has 0 bridgehead atoms. The van der Waals surface area contributed by atoms with E-state index >= 15 is 0 Å². The number of hydrogen-bond acceptors (Lipinski definition) is 3. The molecular formula is C21H24N2O2. The zero-order valence-electron chi connectivity index (χ0n) is 14.3. The Balaban J connectivity index is 1.50. The summed E-state index contributed by atoms with van der Waals surface area (Å²) in [5, 5.41) is 2.72. The molecule has 1 heterocycles. The smallest absolute Gasteiger partial charge is 0.407 e. The quantitative estimate of drug-likeness (QED) is 0.702. The SMILES string of the molecule is O=C(NCCc1cccnc1)OCC=CC=CCCc1ccccc1. The van der Waals surface area contributed by atoms with E-state index in [0.29, 0.717) is 6.54 Å². The van der Waals surface area contributed by atoms with Gasteiger partial charge in [-0.1, -0.05) is 54.6 Å². The first-order valence-electron chi connectivity index (χ1n) is 8.50. The van der Waals surface area contributed by atoms with Gasteiger partial charge >= 0.3 is 6.09 Å². The number of rotatable bonds is 9. The standard InChI is InChI=1S/C21H24N2O2/c24-21(23-16-14-20-13-9-15-22-18-20)25-17-8-3-1-2-5-10-19-11-6-4-7-12-19/h1-4,6-9,11-13,15,18H,5,10,14,16-17H2,(H,23,24). The summed E-state index contributed by atoms with van der Waals surface area (Å²) in [5.41, 5.74) is 2.42. The minimum Gasteiger partial charge on any atom is -0.445 e. The Morgan fingerprint density at radius 3 is 2.60 bits per heavy atom. The highest BCUT2D eigenvalue weighted by atomic mass is 16.5. The van der Waals surface area contributed by atoms with E-state index < -0.39 is 6.09 Å². The molecule has 1 aromatic heterocycles. The van der Waals surface area contributed by atoms with E-state index in [1.165, 1.54) is 5.56 Å². The maximum atomic E-state index is 11.5. The monoisotopic (exact) mass is 336 g/mol. The van der Waals surface area contributed by atoms with Crippen molar-refractivity contribution in [2.75, 3.05) is 13.2 Å². The number of amides is 1. The zero-order valence-corrected chi connectivity index (χ0v) is 14.3. The Labute approximate surface area is 149 Å². The fourth-order valence-corrected chi connectivity index (χ4v) is 2.23. The number of carbonyl (C=O) groups is 1. The molecule has 0 atom stereocenters. The Hall–Kier alpha value is -2.88. The fraction of sp³-hybridized carbons (Fsp3) is 0.238. The number of aryl methyl sites for hydroxylation is 1. The molecule has 0 aliphatic rings. The molecule has 1 aromatic carbocycles. The van der Waals surface area contributed by atoms with Crippen LogP contribution in [-0.4, -0.2) is 24.2 Å². The second kappa shape index (κ2) is 11.6. The number of nitrogens with zero attached hydrogens (tertiary/aromatic N) is 1. The van der Waals surface area contributed by atoms with Crippen LogP contribution in [0.3, 0.4) is 0 Å². The first-order valence-corrected chi connectivity index (χ1v) is 8.50. The Morgan fingerprint density at radius 2 is 1.80 bits per heavy atom. The molecule has 1 N–H and O–H groups in total. The minimum absolute atomic E-state index is 0.266. The van der Waals surface area contributed by atoms with E-state index in [2.05, 4.69) is 40.6 Å². The molecule has 0 unspecified atom stereocenters. The predicted molar refractivity (Wildman–Crippen MR) is 100 cm³/mol. The van der Waals surface area contributed by atoms with Gasteiger partial charge in [0.1, 0.15) is 6.61 Å². The van der Waals surface area contributed by atoms with Crippen LogP contribution in [0.4, 0.5) is 4.79 Å². The van der Waals surface area contributed by atoms with E-state index in [-0.39, 0.29) is 6.61 Å². The first-order chi connectivity index (χ1) is 12.3. The molecule has 0 radical (unpaired) electrons. The van der Waals surface area contributed by atoms with Gasteiger partial charge in [0.05, 0.1) is 0 Å². The van der Waals surface area contributed by atoms with Crippen LogP contribution in [0.2, 0.25) is 0 Å². The Bertz CT molecular complexity index is 667. The highest BCUT2D eigenvalue weighted by Gasteiger charge is 1.99. The topological polar surface area (TPSA) is 51.2 Å². The lowest BCUT2D eigenvalue weighted by Crippen LogP contribution is -2.26. The van der Waals surface area contributed by atoms with Crippen molar-refractivity contribution in [3.05, 3.63) is 90.3 Å². The minimum atomic E-state index is -0.401. The first kappa shape index (κ1) is 18.5. The van der Waals surface area contributed by atoms with Crippen molar-refractivity contribution >= 4 is 6.09 Å². The number of aromatic nitrogens is 1. The second-order valence-electron chi connectivity index (χ2n) is 5.52. The van der Waals surface area contributed by atoms with Crippen LogP contribution in [0.25, 0.3) is 0 Å². The summed E-state index contributed by atoms with van der Waals surface area (Å²) >= 11 is 0. The average Bonchev–Trinajstić information content (AvgIpc) is 2.65. The molecule has 0 spiro atoms. The number of alkyl carbamates (subject to hydrolysis) is 1. The van der Waals surface area contributed by atoms with Crippen LogP contribution in [0.5, 0.6) is 0 Å². The molecule has 0 saturated carbocycles. The van der Waals surface area contributed by atoms with E-state index in [1.807, 2.05) is 36.4 Å². The summed E-state index contributed by atoms with van der Waals surface area (Å²) in [6.45, 7) is 0.801. The van der Waals surface area contributed by atoms with Crippen molar-refractivity contribution in [1.29, 1.82) is 0 Å². The maximum absolute atomic E-state index is 11.5. The van der Waals surface area contributed by atoms with Crippen molar-refractivity contribution in [2.24, 2.45) is 0 Å². The van der Waals surface area contributed by atoms with Gasteiger partial charge in [0.25, 0.3) is 0 Å². The molecular weight excluding hydrogens is 312 g/mol. The van der Waals surface area contributed by atoms with E-state index in [4.69, 9.17) is 4.74 Å². The zero-order chi connectivity index (χ0) is 17.6. The molecule has 130 valence electrons. The summed E-state index contributed by atoms with van der Waals surface area (Å²) in [6.07, 6.45) is 13.7. The lowest BCUT2D eigenvalue weighted by molar-refractivity contribution is 0.158. The van der Waals surface area contributed by atoms with Gasteiger partial charge in [-0.25, -0.2) is 4.79 Å². The number of hydrogen-bond donors (Lipinski definition) is 1. The van der Waals surface area contributed by atoms with Crippen molar-refractivity contribution in [3.63, 3.8) is 0 Å². The van der Waals surface area contributed by atoms with Crippen LogP contribution < -0.4 is 5.32 Å². The predicted octanol–water partition coefficient (Wildman–Crippen LogP) is 4.10. The number of benzene rings is 1. The highest BCUT2D eigenvalue weighted by molar-refractivity contribution is 5.67. The van der Waals surface area contributed by atoms with E-state index in [1.54, 1.807) is 12.4 Å². The summed E-state index contributed by atoms with van der Waals surface area (Å²) in [6, 6.07) is 14.3. The Kier molecular flexibility index (Phi) is 8.58. The number of nitrogens with one attached hydrogen (secondary N) is 1. The third-order valence-electron chi connectivity index (χ3n) is 3.54. The number of pyridine rings is 1. The van der Waals surface area contributed by atoms with Gasteiger partial charge in [-0.2, -0.15) is 0 Å². The number of carbonyl (C=O) groups excluding carboxylic acids is 1. The van der Waals surface area contributed by atoms with Crippen LogP contribution >= 0.6 is 0 Å². The van der Waals surface area contributed by atoms with Crippen molar-refractivity contribution in [1.82, 2.24) is 10.3 Å². The molecule has 4 heteroatoms. The lowest BCUT2D eigenvalue weighted by Gasteiger charge is -2.04. The van der Waals surface area contributed by atoms with Crippen LogP contribution in [0.1, 0.15) is 17.5 Å². The molecule has 0 fully saturated rings. The number of allylic oxidation sites excluding steroid dienone is 3.